The highest BCUT2D eigenvalue weighted by atomic mass is 19.1. The number of halogens is 1. The highest BCUT2D eigenvalue weighted by Crippen LogP contribution is 2.19. The maximum Gasteiger partial charge on any atom is 0.148 e. The number of aryl methyl sites for hydroxylation is 1. The Morgan fingerprint density at radius 3 is 2.65 bits per heavy atom. The second-order valence-electron chi connectivity index (χ2n) is 4.52. The number of nitrogens with zero attached hydrogens (tertiary/aromatic N) is 2. The van der Waals surface area contributed by atoms with Crippen molar-refractivity contribution in [1.82, 2.24) is 4.98 Å². The number of pyridine rings is 1. The topological polar surface area (TPSA) is 36.7 Å². The molecule has 1 aromatic heterocycles. The van der Waals surface area contributed by atoms with Gasteiger partial charge in [0.15, 0.2) is 0 Å². The van der Waals surface area contributed by atoms with E-state index in [1.807, 2.05) is 24.3 Å². The summed E-state index contributed by atoms with van der Waals surface area (Å²) >= 11 is 0. The van der Waals surface area contributed by atoms with E-state index in [4.69, 9.17) is 5.26 Å². The average Bonchev–Trinajstić information content (AvgIpc) is 2.48. The van der Waals surface area contributed by atoms with Crippen molar-refractivity contribution in [3.05, 3.63) is 64.7 Å². The van der Waals surface area contributed by atoms with Crippen LogP contribution in [-0.4, -0.2) is 4.98 Å². The van der Waals surface area contributed by atoms with Gasteiger partial charge in [0, 0.05) is 18.0 Å². The SMILES string of the molecule is CCCc1cc(C#N)c(F)c(C=Cc2ccncc2)c1. The van der Waals surface area contributed by atoms with Crippen LogP contribution < -0.4 is 0 Å². The van der Waals surface area contributed by atoms with Crippen molar-refractivity contribution in [1.29, 1.82) is 5.26 Å². The van der Waals surface area contributed by atoms with Crippen molar-refractivity contribution in [3.8, 4) is 6.07 Å². The van der Waals surface area contributed by atoms with Crippen LogP contribution >= 0.6 is 0 Å². The normalized spacial score (nSPS) is 10.7. The fraction of sp³-hybridized carbons (Fsp3) is 0.176. The summed E-state index contributed by atoms with van der Waals surface area (Å²) < 4.78 is 14.1. The van der Waals surface area contributed by atoms with Gasteiger partial charge in [-0.1, -0.05) is 25.5 Å². The Kier molecular flexibility index (Phi) is 4.62. The number of rotatable bonds is 4. The fourth-order valence-electron chi connectivity index (χ4n) is 2.01. The van der Waals surface area contributed by atoms with Crippen LogP contribution in [0.3, 0.4) is 0 Å². The molecule has 2 aromatic rings. The maximum absolute atomic E-state index is 14.1. The Bertz CT molecular complexity index is 655. The first-order valence-electron chi connectivity index (χ1n) is 6.55. The van der Waals surface area contributed by atoms with E-state index in [2.05, 4.69) is 11.9 Å². The minimum absolute atomic E-state index is 0.102. The van der Waals surface area contributed by atoms with E-state index in [1.54, 1.807) is 30.6 Å². The summed E-state index contributed by atoms with van der Waals surface area (Å²) in [5.41, 5.74) is 2.48. The van der Waals surface area contributed by atoms with E-state index in [-0.39, 0.29) is 5.56 Å². The Labute approximate surface area is 118 Å². The highest BCUT2D eigenvalue weighted by Gasteiger charge is 2.08. The van der Waals surface area contributed by atoms with Crippen LogP contribution in [0.1, 0.15) is 35.6 Å². The van der Waals surface area contributed by atoms with Crippen molar-refractivity contribution < 1.29 is 4.39 Å². The molecular formula is C17H15FN2. The molecule has 1 aromatic carbocycles. The molecule has 0 bridgehead atoms. The number of aromatic nitrogens is 1. The van der Waals surface area contributed by atoms with E-state index < -0.39 is 5.82 Å². The van der Waals surface area contributed by atoms with Gasteiger partial charge in [-0.2, -0.15) is 5.26 Å². The first-order valence-corrected chi connectivity index (χ1v) is 6.55. The van der Waals surface area contributed by atoms with Crippen LogP contribution in [0, 0.1) is 17.1 Å². The lowest BCUT2D eigenvalue weighted by atomic mass is 10.0. The zero-order valence-electron chi connectivity index (χ0n) is 11.3. The van der Waals surface area contributed by atoms with Gasteiger partial charge in [-0.05, 0) is 41.8 Å². The molecule has 0 unspecified atom stereocenters. The molecule has 20 heavy (non-hydrogen) atoms. The Balaban J connectivity index is 2.38. The molecule has 0 fully saturated rings. The Morgan fingerprint density at radius 2 is 2.00 bits per heavy atom. The number of hydrogen-bond donors (Lipinski definition) is 0. The van der Waals surface area contributed by atoms with Gasteiger partial charge in [0.05, 0.1) is 5.56 Å². The lowest BCUT2D eigenvalue weighted by molar-refractivity contribution is 0.620. The zero-order valence-corrected chi connectivity index (χ0v) is 11.3. The molecule has 2 rings (SSSR count). The van der Waals surface area contributed by atoms with Gasteiger partial charge in [0.25, 0.3) is 0 Å². The molecule has 0 atom stereocenters. The first-order chi connectivity index (χ1) is 9.74. The molecule has 100 valence electrons. The van der Waals surface area contributed by atoms with Gasteiger partial charge in [0.1, 0.15) is 11.9 Å². The number of benzene rings is 1. The van der Waals surface area contributed by atoms with Gasteiger partial charge in [-0.15, -0.1) is 0 Å². The quantitative estimate of drug-likeness (QED) is 0.831. The molecule has 1 heterocycles. The van der Waals surface area contributed by atoms with Crippen molar-refractivity contribution in [2.45, 2.75) is 19.8 Å². The summed E-state index contributed by atoms with van der Waals surface area (Å²) in [5, 5.41) is 9.00. The summed E-state index contributed by atoms with van der Waals surface area (Å²) in [5.74, 6) is -0.461. The standard InChI is InChI=1S/C17H15FN2/c1-2-3-14-10-15(17(18)16(11-14)12-19)5-4-13-6-8-20-9-7-13/h4-11H,2-3H2,1H3. The third-order valence-electron chi connectivity index (χ3n) is 2.98. The molecule has 0 aliphatic carbocycles. The lowest BCUT2D eigenvalue weighted by Gasteiger charge is -2.05. The molecule has 0 saturated carbocycles. The monoisotopic (exact) mass is 266 g/mol. The van der Waals surface area contributed by atoms with E-state index in [1.165, 1.54) is 0 Å². The molecule has 0 N–H and O–H groups in total. The number of hydrogen-bond acceptors (Lipinski definition) is 2. The minimum Gasteiger partial charge on any atom is -0.265 e. The fourth-order valence-corrected chi connectivity index (χ4v) is 2.01. The molecule has 0 aliphatic heterocycles. The van der Waals surface area contributed by atoms with Gasteiger partial charge in [-0.25, -0.2) is 4.39 Å². The Morgan fingerprint density at radius 1 is 1.25 bits per heavy atom. The largest absolute Gasteiger partial charge is 0.265 e. The molecule has 2 nitrogen and oxygen atoms in total. The second kappa shape index (κ2) is 6.63. The van der Waals surface area contributed by atoms with Crippen LogP contribution in [0.5, 0.6) is 0 Å². The van der Waals surface area contributed by atoms with Crippen LogP contribution in [0.15, 0.2) is 36.7 Å². The Hall–Kier alpha value is -2.47. The van der Waals surface area contributed by atoms with Gasteiger partial charge < -0.3 is 0 Å². The third kappa shape index (κ3) is 3.30. The molecule has 3 heteroatoms. The lowest BCUT2D eigenvalue weighted by Crippen LogP contribution is -1.93. The molecular weight excluding hydrogens is 251 g/mol. The highest BCUT2D eigenvalue weighted by molar-refractivity contribution is 5.70. The molecule has 0 radical (unpaired) electrons. The summed E-state index contributed by atoms with van der Waals surface area (Å²) in [6.45, 7) is 2.06. The molecule has 0 spiro atoms. The predicted octanol–water partition coefficient (Wildman–Crippen LogP) is 4.22. The van der Waals surface area contributed by atoms with E-state index in [9.17, 15) is 4.39 Å². The summed E-state index contributed by atoms with van der Waals surface area (Å²) in [4.78, 5) is 3.93. The van der Waals surface area contributed by atoms with Crippen molar-refractivity contribution in [2.24, 2.45) is 0 Å². The molecule has 0 saturated heterocycles. The third-order valence-corrected chi connectivity index (χ3v) is 2.98. The summed E-state index contributed by atoms with van der Waals surface area (Å²) in [6, 6.07) is 9.03. The van der Waals surface area contributed by atoms with E-state index in [0.717, 1.165) is 24.0 Å². The van der Waals surface area contributed by atoms with Crippen molar-refractivity contribution in [2.75, 3.05) is 0 Å². The van der Waals surface area contributed by atoms with Crippen molar-refractivity contribution >= 4 is 12.2 Å². The van der Waals surface area contributed by atoms with Crippen LogP contribution in [0.25, 0.3) is 12.2 Å². The van der Waals surface area contributed by atoms with Gasteiger partial charge in [0.2, 0.25) is 0 Å². The van der Waals surface area contributed by atoms with Crippen LogP contribution in [-0.2, 0) is 6.42 Å². The average molecular weight is 266 g/mol. The van der Waals surface area contributed by atoms with Crippen LogP contribution in [0.4, 0.5) is 4.39 Å². The van der Waals surface area contributed by atoms with Gasteiger partial charge in [-0.3, -0.25) is 4.98 Å². The maximum atomic E-state index is 14.1. The van der Waals surface area contributed by atoms with E-state index >= 15 is 0 Å². The van der Waals surface area contributed by atoms with E-state index in [0.29, 0.717) is 5.56 Å². The van der Waals surface area contributed by atoms with Crippen molar-refractivity contribution in [3.63, 3.8) is 0 Å². The summed E-state index contributed by atoms with van der Waals surface area (Å²) in [7, 11) is 0. The second-order valence-corrected chi connectivity index (χ2v) is 4.52. The first kappa shape index (κ1) is 14.0. The smallest absolute Gasteiger partial charge is 0.148 e. The predicted molar refractivity (Wildman–Crippen MR) is 78.3 cm³/mol. The molecule has 0 amide bonds. The van der Waals surface area contributed by atoms with Crippen LogP contribution in [0.2, 0.25) is 0 Å². The minimum atomic E-state index is -0.461. The zero-order chi connectivity index (χ0) is 14.4. The van der Waals surface area contributed by atoms with Gasteiger partial charge >= 0.3 is 0 Å². The molecule has 0 aliphatic rings. The summed E-state index contributed by atoms with van der Waals surface area (Å²) in [6.07, 6.45) is 8.69. The number of nitriles is 1.